The van der Waals surface area contributed by atoms with Gasteiger partial charge in [-0.2, -0.15) is 0 Å². The third-order valence-electron chi connectivity index (χ3n) is 4.04. The molecule has 1 aliphatic carbocycles. The van der Waals surface area contributed by atoms with E-state index in [0.717, 1.165) is 37.9 Å². The van der Waals surface area contributed by atoms with Crippen molar-refractivity contribution in [3.63, 3.8) is 0 Å². The standard InChI is InChI=1S/C16H25NO2/c18-15-8-3-5-13(11-15)12-17-10-4-7-14-6-1-2-9-16(14)19/h3,5,8,11,14,16-19H,1-2,4,6-7,9-10,12H2. The summed E-state index contributed by atoms with van der Waals surface area (Å²) in [7, 11) is 0. The average molecular weight is 263 g/mol. The summed E-state index contributed by atoms with van der Waals surface area (Å²) in [5.74, 6) is 0.834. The van der Waals surface area contributed by atoms with Gasteiger partial charge in [0.25, 0.3) is 0 Å². The Morgan fingerprint density at radius 2 is 2.05 bits per heavy atom. The SMILES string of the molecule is Oc1cccc(CNCCCC2CCCCC2O)c1. The third kappa shape index (κ3) is 4.84. The van der Waals surface area contributed by atoms with Crippen LogP contribution in [-0.2, 0) is 6.54 Å². The Morgan fingerprint density at radius 3 is 2.84 bits per heavy atom. The van der Waals surface area contributed by atoms with Gasteiger partial charge in [0.2, 0.25) is 0 Å². The molecule has 0 spiro atoms. The maximum absolute atomic E-state index is 9.89. The minimum Gasteiger partial charge on any atom is -0.508 e. The van der Waals surface area contributed by atoms with E-state index in [0.29, 0.717) is 11.7 Å². The topological polar surface area (TPSA) is 52.5 Å². The molecule has 1 fully saturated rings. The summed E-state index contributed by atoms with van der Waals surface area (Å²) in [6.45, 7) is 1.76. The summed E-state index contributed by atoms with van der Waals surface area (Å²) in [4.78, 5) is 0. The Morgan fingerprint density at radius 1 is 1.21 bits per heavy atom. The molecule has 0 bridgehead atoms. The van der Waals surface area contributed by atoms with E-state index in [1.807, 2.05) is 12.1 Å². The van der Waals surface area contributed by atoms with Gasteiger partial charge in [0.15, 0.2) is 0 Å². The number of aliphatic hydroxyl groups is 1. The number of phenolic OH excluding ortho intramolecular Hbond substituents is 1. The van der Waals surface area contributed by atoms with E-state index >= 15 is 0 Å². The summed E-state index contributed by atoms with van der Waals surface area (Å²) >= 11 is 0. The zero-order chi connectivity index (χ0) is 13.5. The van der Waals surface area contributed by atoms with Crippen LogP contribution < -0.4 is 5.32 Å². The molecule has 3 nitrogen and oxygen atoms in total. The molecule has 1 saturated carbocycles. The largest absolute Gasteiger partial charge is 0.508 e. The van der Waals surface area contributed by atoms with E-state index < -0.39 is 0 Å². The molecule has 19 heavy (non-hydrogen) atoms. The first kappa shape index (κ1) is 14.4. The normalized spacial score (nSPS) is 23.4. The molecule has 3 heteroatoms. The second kappa shape index (κ2) is 7.51. The lowest BCUT2D eigenvalue weighted by molar-refractivity contribution is 0.0643. The second-order valence-electron chi connectivity index (χ2n) is 5.60. The highest BCUT2D eigenvalue weighted by molar-refractivity contribution is 5.26. The minimum atomic E-state index is -0.0696. The van der Waals surface area contributed by atoms with Crippen molar-refractivity contribution in [1.82, 2.24) is 5.32 Å². The monoisotopic (exact) mass is 263 g/mol. The van der Waals surface area contributed by atoms with Crippen molar-refractivity contribution in [1.29, 1.82) is 0 Å². The average Bonchev–Trinajstić information content (AvgIpc) is 2.40. The number of hydrogen-bond acceptors (Lipinski definition) is 3. The lowest BCUT2D eigenvalue weighted by Gasteiger charge is -2.27. The van der Waals surface area contributed by atoms with Crippen LogP contribution in [0.3, 0.4) is 0 Å². The minimum absolute atomic E-state index is 0.0696. The van der Waals surface area contributed by atoms with Gasteiger partial charge in [-0.3, -0.25) is 0 Å². The van der Waals surface area contributed by atoms with E-state index in [-0.39, 0.29) is 6.10 Å². The van der Waals surface area contributed by atoms with Crippen molar-refractivity contribution >= 4 is 0 Å². The molecule has 0 saturated heterocycles. The van der Waals surface area contributed by atoms with E-state index in [9.17, 15) is 10.2 Å². The van der Waals surface area contributed by atoms with Crippen LogP contribution in [0.15, 0.2) is 24.3 Å². The number of aromatic hydroxyl groups is 1. The molecule has 0 radical (unpaired) electrons. The lowest BCUT2D eigenvalue weighted by Crippen LogP contribution is -2.25. The Kier molecular flexibility index (Phi) is 5.67. The summed E-state index contributed by atoms with van der Waals surface area (Å²) < 4.78 is 0. The summed E-state index contributed by atoms with van der Waals surface area (Å²) in [6, 6.07) is 7.36. The van der Waals surface area contributed by atoms with Gasteiger partial charge < -0.3 is 15.5 Å². The molecule has 0 heterocycles. The van der Waals surface area contributed by atoms with Gasteiger partial charge in [-0.25, -0.2) is 0 Å². The molecular formula is C16H25NO2. The first-order valence-corrected chi connectivity index (χ1v) is 7.42. The number of benzene rings is 1. The molecule has 0 aliphatic heterocycles. The number of phenols is 1. The van der Waals surface area contributed by atoms with Crippen molar-refractivity contribution in [2.75, 3.05) is 6.54 Å². The molecule has 0 amide bonds. The fraction of sp³-hybridized carbons (Fsp3) is 0.625. The summed E-state index contributed by atoms with van der Waals surface area (Å²) in [5.41, 5.74) is 1.11. The molecule has 106 valence electrons. The van der Waals surface area contributed by atoms with E-state index in [1.54, 1.807) is 12.1 Å². The highest BCUT2D eigenvalue weighted by atomic mass is 16.3. The van der Waals surface area contributed by atoms with Crippen molar-refractivity contribution in [2.24, 2.45) is 5.92 Å². The molecule has 2 unspecified atom stereocenters. The van der Waals surface area contributed by atoms with Crippen LogP contribution in [0.1, 0.15) is 44.1 Å². The van der Waals surface area contributed by atoms with Gasteiger partial charge in [0.1, 0.15) is 5.75 Å². The van der Waals surface area contributed by atoms with E-state index in [2.05, 4.69) is 5.32 Å². The van der Waals surface area contributed by atoms with E-state index in [4.69, 9.17) is 0 Å². The van der Waals surface area contributed by atoms with Gasteiger partial charge in [-0.05, 0) is 55.8 Å². The fourth-order valence-corrected chi connectivity index (χ4v) is 2.91. The zero-order valence-electron chi connectivity index (χ0n) is 11.5. The van der Waals surface area contributed by atoms with Crippen molar-refractivity contribution in [2.45, 2.75) is 51.2 Å². The molecule has 0 aromatic heterocycles. The predicted octanol–water partition coefficient (Wildman–Crippen LogP) is 2.81. The fourth-order valence-electron chi connectivity index (χ4n) is 2.91. The Bertz CT molecular complexity index is 381. The Labute approximate surface area is 115 Å². The van der Waals surface area contributed by atoms with Gasteiger partial charge >= 0.3 is 0 Å². The highest BCUT2D eigenvalue weighted by Gasteiger charge is 2.21. The number of aliphatic hydroxyl groups excluding tert-OH is 1. The van der Waals surface area contributed by atoms with Gasteiger partial charge in [-0.1, -0.05) is 25.0 Å². The molecule has 2 rings (SSSR count). The van der Waals surface area contributed by atoms with Crippen molar-refractivity contribution in [3.8, 4) is 5.75 Å². The molecule has 3 N–H and O–H groups in total. The van der Waals surface area contributed by atoms with Gasteiger partial charge in [0, 0.05) is 6.54 Å². The summed E-state index contributed by atoms with van der Waals surface area (Å²) in [5, 5.41) is 22.6. The number of nitrogens with one attached hydrogen (secondary N) is 1. The molecular weight excluding hydrogens is 238 g/mol. The molecule has 1 aromatic carbocycles. The van der Waals surface area contributed by atoms with Crippen LogP contribution in [0.2, 0.25) is 0 Å². The number of rotatable bonds is 6. The van der Waals surface area contributed by atoms with Crippen molar-refractivity contribution in [3.05, 3.63) is 29.8 Å². The van der Waals surface area contributed by atoms with Crippen LogP contribution in [0.5, 0.6) is 5.75 Å². The van der Waals surface area contributed by atoms with Crippen molar-refractivity contribution < 1.29 is 10.2 Å². The van der Waals surface area contributed by atoms with Gasteiger partial charge in [0.05, 0.1) is 6.10 Å². The Balaban J connectivity index is 1.59. The van der Waals surface area contributed by atoms with Crippen LogP contribution in [0.4, 0.5) is 0 Å². The van der Waals surface area contributed by atoms with E-state index in [1.165, 1.54) is 19.3 Å². The molecule has 2 atom stereocenters. The lowest BCUT2D eigenvalue weighted by atomic mass is 9.83. The first-order valence-electron chi connectivity index (χ1n) is 7.42. The van der Waals surface area contributed by atoms with Crippen LogP contribution in [0.25, 0.3) is 0 Å². The number of hydrogen-bond donors (Lipinski definition) is 3. The second-order valence-corrected chi connectivity index (χ2v) is 5.60. The predicted molar refractivity (Wildman–Crippen MR) is 77.0 cm³/mol. The van der Waals surface area contributed by atoms with Gasteiger partial charge in [-0.15, -0.1) is 0 Å². The molecule has 1 aromatic rings. The zero-order valence-corrected chi connectivity index (χ0v) is 11.5. The third-order valence-corrected chi connectivity index (χ3v) is 4.04. The smallest absolute Gasteiger partial charge is 0.115 e. The summed E-state index contributed by atoms with van der Waals surface area (Å²) in [6.07, 6.45) is 6.80. The van der Waals surface area contributed by atoms with Crippen LogP contribution in [-0.4, -0.2) is 22.9 Å². The Hall–Kier alpha value is -1.06. The van der Waals surface area contributed by atoms with Crippen LogP contribution >= 0.6 is 0 Å². The van der Waals surface area contributed by atoms with Crippen LogP contribution in [0, 0.1) is 5.92 Å². The maximum Gasteiger partial charge on any atom is 0.115 e. The quantitative estimate of drug-likeness (QED) is 0.692. The highest BCUT2D eigenvalue weighted by Crippen LogP contribution is 2.27. The molecule has 1 aliphatic rings. The maximum atomic E-state index is 9.89. The first-order chi connectivity index (χ1) is 9.25.